The van der Waals surface area contributed by atoms with Gasteiger partial charge in [0.05, 0.1) is 5.56 Å². The lowest BCUT2D eigenvalue weighted by Gasteiger charge is -2.28. The molecule has 2 heteroatoms. The molecule has 2 aliphatic carbocycles. The second-order valence-electron chi connectivity index (χ2n) is 9.25. The number of ether oxygens (including phenoxy) is 1. The van der Waals surface area contributed by atoms with E-state index >= 15 is 0 Å². The largest absolute Gasteiger partial charge is 0.459 e. The van der Waals surface area contributed by atoms with E-state index in [0.717, 1.165) is 31.1 Å². The molecule has 0 aromatic heterocycles. The lowest BCUT2D eigenvalue weighted by molar-refractivity contribution is 0.0161. The van der Waals surface area contributed by atoms with Crippen molar-refractivity contribution < 1.29 is 9.53 Å². The highest BCUT2D eigenvalue weighted by molar-refractivity contribution is 5.90. The zero-order chi connectivity index (χ0) is 20.5. The van der Waals surface area contributed by atoms with Crippen molar-refractivity contribution in [1.29, 1.82) is 0 Å². The average Bonchev–Trinajstić information content (AvgIpc) is 2.78. The molecule has 160 valence electrons. The van der Waals surface area contributed by atoms with Crippen molar-refractivity contribution in [2.24, 2.45) is 11.8 Å². The Morgan fingerprint density at radius 1 is 0.931 bits per heavy atom. The second-order valence-corrected chi connectivity index (χ2v) is 9.25. The lowest BCUT2D eigenvalue weighted by atomic mass is 9.84. The molecule has 0 spiro atoms. The predicted octanol–water partition coefficient (Wildman–Crippen LogP) is 7.97. The second kappa shape index (κ2) is 11.6. The standard InChI is InChI=1S/C27H40O2/c1-3-5-6-7-8-22-11-19-26(20-12-22)29-27(28)25-17-15-24(16-18-25)23-13-9-21(4-2)10-14-23/h13,15-18,21-22,26H,3-12,14,19-20H2,1-2H3. The first kappa shape index (κ1) is 22.1. The SMILES string of the molecule is CCCCCCC1CCC(OC(=O)c2ccc(C3=CCC(CC)CC3)cc2)CC1. The normalized spacial score (nSPS) is 24.8. The third-order valence-corrected chi connectivity index (χ3v) is 7.12. The number of carbonyl (C=O) groups excluding carboxylic acids is 1. The quantitative estimate of drug-likeness (QED) is 0.312. The Labute approximate surface area is 178 Å². The van der Waals surface area contributed by atoms with Crippen LogP contribution in [0.1, 0.15) is 113 Å². The molecule has 2 nitrogen and oxygen atoms in total. The van der Waals surface area contributed by atoms with Crippen LogP contribution in [-0.4, -0.2) is 12.1 Å². The minimum absolute atomic E-state index is 0.112. The molecule has 29 heavy (non-hydrogen) atoms. The van der Waals surface area contributed by atoms with E-state index in [4.69, 9.17) is 4.74 Å². The van der Waals surface area contributed by atoms with Gasteiger partial charge in [-0.1, -0.05) is 70.6 Å². The van der Waals surface area contributed by atoms with Gasteiger partial charge in [-0.25, -0.2) is 4.79 Å². The fourth-order valence-corrected chi connectivity index (χ4v) is 4.96. The Morgan fingerprint density at radius 2 is 1.69 bits per heavy atom. The summed E-state index contributed by atoms with van der Waals surface area (Å²) in [4.78, 5) is 12.6. The average molecular weight is 397 g/mol. The number of rotatable bonds is 9. The first-order valence-corrected chi connectivity index (χ1v) is 12.2. The third kappa shape index (κ3) is 6.73. The van der Waals surface area contributed by atoms with Crippen molar-refractivity contribution in [2.75, 3.05) is 0 Å². The number of esters is 1. The van der Waals surface area contributed by atoms with Gasteiger partial charge < -0.3 is 4.74 Å². The maximum Gasteiger partial charge on any atom is 0.338 e. The van der Waals surface area contributed by atoms with Gasteiger partial charge in [0, 0.05) is 0 Å². The van der Waals surface area contributed by atoms with E-state index in [1.54, 1.807) is 0 Å². The molecular formula is C27H40O2. The summed E-state index contributed by atoms with van der Waals surface area (Å²) < 4.78 is 5.83. The smallest absolute Gasteiger partial charge is 0.338 e. The molecule has 3 rings (SSSR count). The van der Waals surface area contributed by atoms with Crippen molar-refractivity contribution in [2.45, 2.75) is 103 Å². The van der Waals surface area contributed by atoms with Crippen LogP contribution in [0.3, 0.4) is 0 Å². The van der Waals surface area contributed by atoms with E-state index in [0.29, 0.717) is 5.56 Å². The van der Waals surface area contributed by atoms with Gasteiger partial charge in [0.25, 0.3) is 0 Å². The molecule has 2 aliphatic rings. The molecule has 0 amide bonds. The molecule has 0 saturated heterocycles. The van der Waals surface area contributed by atoms with Crippen molar-refractivity contribution in [1.82, 2.24) is 0 Å². The molecule has 1 aromatic carbocycles. The number of hydrogen-bond acceptors (Lipinski definition) is 2. The van der Waals surface area contributed by atoms with Crippen LogP contribution in [0.2, 0.25) is 0 Å². The highest BCUT2D eigenvalue weighted by Crippen LogP contribution is 2.32. The van der Waals surface area contributed by atoms with Gasteiger partial charge in [-0.3, -0.25) is 0 Å². The molecule has 0 aliphatic heterocycles. The lowest BCUT2D eigenvalue weighted by Crippen LogP contribution is -2.24. The van der Waals surface area contributed by atoms with Crippen LogP contribution in [0.15, 0.2) is 30.3 Å². The number of benzene rings is 1. The van der Waals surface area contributed by atoms with Gasteiger partial charge in [0.1, 0.15) is 6.10 Å². The Balaban J connectivity index is 1.43. The Kier molecular flexibility index (Phi) is 8.83. The Hall–Kier alpha value is -1.57. The highest BCUT2D eigenvalue weighted by atomic mass is 16.5. The summed E-state index contributed by atoms with van der Waals surface area (Å²) in [6, 6.07) is 8.09. The summed E-state index contributed by atoms with van der Waals surface area (Å²) in [6.45, 7) is 4.55. The van der Waals surface area contributed by atoms with Crippen LogP contribution in [0.4, 0.5) is 0 Å². The molecule has 0 radical (unpaired) electrons. The fraction of sp³-hybridized carbons (Fsp3) is 0.667. The van der Waals surface area contributed by atoms with Crippen molar-refractivity contribution in [3.05, 3.63) is 41.5 Å². The topological polar surface area (TPSA) is 26.3 Å². The number of unbranched alkanes of at least 4 members (excludes halogenated alkanes) is 3. The van der Waals surface area contributed by atoms with Gasteiger partial charge in [-0.05, 0) is 80.1 Å². The predicted molar refractivity (Wildman–Crippen MR) is 122 cm³/mol. The van der Waals surface area contributed by atoms with Crippen molar-refractivity contribution in [3.63, 3.8) is 0 Å². The van der Waals surface area contributed by atoms with Crippen LogP contribution in [0.5, 0.6) is 0 Å². The third-order valence-electron chi connectivity index (χ3n) is 7.12. The van der Waals surface area contributed by atoms with Gasteiger partial charge in [0.15, 0.2) is 0 Å². The van der Waals surface area contributed by atoms with E-state index < -0.39 is 0 Å². The molecular weight excluding hydrogens is 356 g/mol. The molecule has 1 unspecified atom stereocenters. The minimum Gasteiger partial charge on any atom is -0.459 e. The molecule has 1 aromatic rings. The molecule has 0 heterocycles. The molecule has 1 saturated carbocycles. The van der Waals surface area contributed by atoms with Crippen LogP contribution in [0, 0.1) is 11.8 Å². The van der Waals surface area contributed by atoms with E-state index in [1.807, 2.05) is 12.1 Å². The number of allylic oxidation sites excluding steroid dienone is 2. The molecule has 1 atom stereocenters. The Morgan fingerprint density at radius 3 is 2.31 bits per heavy atom. The summed E-state index contributed by atoms with van der Waals surface area (Å²) >= 11 is 0. The van der Waals surface area contributed by atoms with Gasteiger partial charge in [0.2, 0.25) is 0 Å². The molecule has 1 fully saturated rings. The summed E-state index contributed by atoms with van der Waals surface area (Å²) in [5, 5.41) is 0. The summed E-state index contributed by atoms with van der Waals surface area (Å²) in [6.07, 6.45) is 18.7. The fourth-order valence-electron chi connectivity index (χ4n) is 4.96. The van der Waals surface area contributed by atoms with Gasteiger partial charge >= 0.3 is 5.97 Å². The van der Waals surface area contributed by atoms with Crippen molar-refractivity contribution >= 4 is 11.5 Å². The van der Waals surface area contributed by atoms with Gasteiger partial charge in [-0.15, -0.1) is 0 Å². The van der Waals surface area contributed by atoms with Crippen LogP contribution in [0.25, 0.3) is 5.57 Å². The monoisotopic (exact) mass is 396 g/mol. The minimum atomic E-state index is -0.147. The summed E-state index contributed by atoms with van der Waals surface area (Å²) in [7, 11) is 0. The summed E-state index contributed by atoms with van der Waals surface area (Å²) in [5.74, 6) is 1.54. The zero-order valence-electron chi connectivity index (χ0n) is 18.6. The van der Waals surface area contributed by atoms with Crippen LogP contribution >= 0.6 is 0 Å². The van der Waals surface area contributed by atoms with E-state index in [1.165, 1.54) is 75.3 Å². The zero-order valence-corrected chi connectivity index (χ0v) is 18.6. The maximum atomic E-state index is 12.6. The number of carbonyl (C=O) groups is 1. The first-order chi connectivity index (χ1) is 14.2. The molecule has 0 N–H and O–H groups in total. The van der Waals surface area contributed by atoms with E-state index in [2.05, 4.69) is 32.1 Å². The van der Waals surface area contributed by atoms with E-state index in [-0.39, 0.29) is 12.1 Å². The van der Waals surface area contributed by atoms with Gasteiger partial charge in [-0.2, -0.15) is 0 Å². The molecule has 0 bridgehead atoms. The van der Waals surface area contributed by atoms with Crippen LogP contribution < -0.4 is 0 Å². The van der Waals surface area contributed by atoms with Crippen molar-refractivity contribution in [3.8, 4) is 0 Å². The first-order valence-electron chi connectivity index (χ1n) is 12.2. The highest BCUT2D eigenvalue weighted by Gasteiger charge is 2.24. The van der Waals surface area contributed by atoms with E-state index in [9.17, 15) is 4.79 Å². The Bertz CT molecular complexity index is 650. The maximum absolute atomic E-state index is 12.6. The number of hydrogen-bond donors (Lipinski definition) is 0. The van der Waals surface area contributed by atoms with Crippen LogP contribution in [-0.2, 0) is 4.74 Å². The summed E-state index contributed by atoms with van der Waals surface area (Å²) in [5.41, 5.74) is 3.39.